The number of halogens is 3. The summed E-state index contributed by atoms with van der Waals surface area (Å²) >= 11 is 0. The number of hydrogen-bond donors (Lipinski definition) is 2. The molecule has 3 N–H and O–H groups in total. The lowest BCUT2D eigenvalue weighted by molar-refractivity contribution is -0.138. The molecular formula is C11H15F3N4O3. The van der Waals surface area contributed by atoms with E-state index in [1.54, 1.807) is 5.32 Å². The molecule has 1 heterocycles. The third-order valence-corrected chi connectivity index (χ3v) is 2.24. The maximum Gasteiger partial charge on any atom is 0.405 e. The zero-order valence-electron chi connectivity index (χ0n) is 11.0. The van der Waals surface area contributed by atoms with Gasteiger partial charge in [-0.15, -0.1) is 0 Å². The van der Waals surface area contributed by atoms with Gasteiger partial charge in [0.2, 0.25) is 5.91 Å². The Bertz CT molecular complexity index is 530. The topological polar surface area (TPSA) is 99.2 Å². The van der Waals surface area contributed by atoms with Gasteiger partial charge in [-0.3, -0.25) is 9.59 Å². The molecule has 21 heavy (non-hydrogen) atoms. The van der Waals surface area contributed by atoms with Gasteiger partial charge in [0.1, 0.15) is 18.8 Å². The molecule has 0 aromatic carbocycles. The van der Waals surface area contributed by atoms with Crippen molar-refractivity contribution in [2.45, 2.75) is 19.1 Å². The Morgan fingerprint density at radius 2 is 2.19 bits per heavy atom. The molecule has 1 rings (SSSR count). The smallest absolute Gasteiger partial charge is 0.405 e. The van der Waals surface area contributed by atoms with Crippen LogP contribution in [0.5, 0.6) is 5.75 Å². The van der Waals surface area contributed by atoms with Gasteiger partial charge in [0.05, 0.1) is 12.8 Å². The van der Waals surface area contributed by atoms with Crippen LogP contribution in [-0.4, -0.2) is 41.6 Å². The van der Waals surface area contributed by atoms with E-state index in [-0.39, 0.29) is 5.75 Å². The molecule has 1 amide bonds. The Labute approximate surface area is 117 Å². The number of amides is 1. The van der Waals surface area contributed by atoms with Crippen LogP contribution in [0.25, 0.3) is 0 Å². The van der Waals surface area contributed by atoms with E-state index in [2.05, 4.69) is 5.10 Å². The molecule has 7 nitrogen and oxygen atoms in total. The van der Waals surface area contributed by atoms with E-state index in [0.29, 0.717) is 19.6 Å². The van der Waals surface area contributed by atoms with Gasteiger partial charge in [-0.2, -0.15) is 18.3 Å². The molecule has 0 aliphatic heterocycles. The van der Waals surface area contributed by atoms with Gasteiger partial charge < -0.3 is 15.8 Å². The quantitative estimate of drug-likeness (QED) is 0.671. The molecule has 0 aliphatic carbocycles. The maximum atomic E-state index is 11.9. The lowest BCUT2D eigenvalue weighted by Crippen LogP contribution is -2.38. The summed E-state index contributed by atoms with van der Waals surface area (Å²) in [6.45, 7) is -1.31. The fourth-order valence-corrected chi connectivity index (χ4v) is 1.28. The van der Waals surface area contributed by atoms with Gasteiger partial charge in [0.25, 0.3) is 5.56 Å². The molecule has 0 atom stereocenters. The van der Waals surface area contributed by atoms with Crippen molar-refractivity contribution in [1.29, 1.82) is 0 Å². The fraction of sp³-hybridized carbons (Fsp3) is 0.545. The predicted octanol–water partition coefficient (Wildman–Crippen LogP) is -0.351. The number of ether oxygens (including phenoxy) is 1. The highest BCUT2D eigenvalue weighted by molar-refractivity contribution is 5.75. The van der Waals surface area contributed by atoms with Crippen LogP contribution in [0.4, 0.5) is 13.2 Å². The first-order chi connectivity index (χ1) is 9.81. The number of carbonyl (C=O) groups excluding carboxylic acids is 1. The molecule has 0 fully saturated rings. The molecule has 10 heteroatoms. The minimum absolute atomic E-state index is 0.209. The van der Waals surface area contributed by atoms with Gasteiger partial charge in [-0.1, -0.05) is 0 Å². The number of aromatic nitrogens is 2. The summed E-state index contributed by atoms with van der Waals surface area (Å²) in [5.41, 5.74) is 4.62. The van der Waals surface area contributed by atoms with Crippen LogP contribution in [0, 0.1) is 0 Å². The van der Waals surface area contributed by atoms with Crippen LogP contribution in [-0.2, 0) is 11.3 Å². The van der Waals surface area contributed by atoms with E-state index >= 15 is 0 Å². The first-order valence-electron chi connectivity index (χ1n) is 6.05. The average molecular weight is 308 g/mol. The third kappa shape index (κ3) is 6.75. The summed E-state index contributed by atoms with van der Waals surface area (Å²) in [7, 11) is 0. The second-order valence-electron chi connectivity index (χ2n) is 4.07. The summed E-state index contributed by atoms with van der Waals surface area (Å²) in [4.78, 5) is 22.9. The lowest BCUT2D eigenvalue weighted by atomic mass is 10.4. The van der Waals surface area contributed by atoms with Crippen LogP contribution in [0.15, 0.2) is 17.1 Å². The largest absolute Gasteiger partial charge is 0.492 e. The summed E-state index contributed by atoms with van der Waals surface area (Å²) in [5.74, 6) is -0.751. The lowest BCUT2D eigenvalue weighted by Gasteiger charge is -2.09. The van der Waals surface area contributed by atoms with Crippen LogP contribution < -0.4 is 21.3 Å². The number of carbonyl (C=O) groups is 1. The summed E-state index contributed by atoms with van der Waals surface area (Å²) in [6, 6.07) is 1.10. The molecule has 0 unspecified atom stereocenters. The average Bonchev–Trinajstić information content (AvgIpc) is 2.39. The SMILES string of the molecule is NCCCOc1cnn(CC(=O)NCC(F)(F)F)c(=O)c1. The first kappa shape index (κ1) is 17.0. The normalized spacial score (nSPS) is 11.2. The Morgan fingerprint density at radius 3 is 2.76 bits per heavy atom. The van der Waals surface area contributed by atoms with Crippen LogP contribution in [0.3, 0.4) is 0 Å². The number of nitrogens with two attached hydrogens (primary N) is 1. The Hall–Kier alpha value is -2.10. The number of hydrogen-bond acceptors (Lipinski definition) is 5. The van der Waals surface area contributed by atoms with Crippen molar-refractivity contribution in [1.82, 2.24) is 15.1 Å². The highest BCUT2D eigenvalue weighted by atomic mass is 19.4. The van der Waals surface area contributed by atoms with Crippen molar-refractivity contribution >= 4 is 5.91 Å². The Balaban J connectivity index is 2.56. The highest BCUT2D eigenvalue weighted by Crippen LogP contribution is 2.12. The van der Waals surface area contributed by atoms with Crippen molar-refractivity contribution in [3.63, 3.8) is 0 Å². The summed E-state index contributed by atoms with van der Waals surface area (Å²) in [6.07, 6.45) is -2.70. The zero-order valence-corrected chi connectivity index (χ0v) is 11.0. The molecule has 0 aliphatic rings. The van der Waals surface area contributed by atoms with Crippen molar-refractivity contribution in [2.24, 2.45) is 5.73 Å². The van der Waals surface area contributed by atoms with E-state index in [4.69, 9.17) is 10.5 Å². The first-order valence-corrected chi connectivity index (χ1v) is 6.05. The van der Waals surface area contributed by atoms with Crippen LogP contribution in [0.2, 0.25) is 0 Å². The third-order valence-electron chi connectivity index (χ3n) is 2.24. The molecule has 0 radical (unpaired) electrons. The molecule has 1 aromatic heterocycles. The molecule has 0 spiro atoms. The minimum Gasteiger partial charge on any atom is -0.492 e. The molecular weight excluding hydrogens is 293 g/mol. The van der Waals surface area contributed by atoms with Gasteiger partial charge in [-0.25, -0.2) is 4.68 Å². The van der Waals surface area contributed by atoms with Gasteiger partial charge in [-0.05, 0) is 13.0 Å². The van der Waals surface area contributed by atoms with E-state index in [1.807, 2.05) is 0 Å². The van der Waals surface area contributed by atoms with Crippen molar-refractivity contribution in [2.75, 3.05) is 19.7 Å². The second kappa shape index (κ2) is 7.62. The van der Waals surface area contributed by atoms with E-state index in [0.717, 1.165) is 10.7 Å². The molecule has 0 bridgehead atoms. The monoisotopic (exact) mass is 308 g/mol. The molecule has 0 saturated carbocycles. The van der Waals surface area contributed by atoms with Gasteiger partial charge in [0, 0.05) is 6.07 Å². The van der Waals surface area contributed by atoms with Gasteiger partial charge >= 0.3 is 6.18 Å². The van der Waals surface area contributed by atoms with Crippen LogP contribution in [0.1, 0.15) is 6.42 Å². The van der Waals surface area contributed by atoms with E-state index < -0.39 is 30.7 Å². The Kier molecular flexibility index (Phi) is 6.15. The molecule has 0 saturated heterocycles. The Morgan fingerprint density at radius 1 is 1.48 bits per heavy atom. The number of nitrogens with zero attached hydrogens (tertiary/aromatic N) is 2. The second-order valence-corrected chi connectivity index (χ2v) is 4.07. The zero-order chi connectivity index (χ0) is 15.9. The van der Waals surface area contributed by atoms with Crippen molar-refractivity contribution in [3.05, 3.63) is 22.6 Å². The van der Waals surface area contributed by atoms with Crippen molar-refractivity contribution < 1.29 is 22.7 Å². The number of alkyl halides is 3. The molecule has 118 valence electrons. The minimum atomic E-state index is -4.51. The fourth-order valence-electron chi connectivity index (χ4n) is 1.28. The predicted molar refractivity (Wildman–Crippen MR) is 66.7 cm³/mol. The standard InChI is InChI=1S/C11H15F3N4O3/c12-11(13,14)7-16-9(19)6-18-10(20)4-8(5-17-18)21-3-1-2-15/h4-5H,1-3,6-7,15H2,(H,16,19). The maximum absolute atomic E-state index is 11.9. The van der Waals surface area contributed by atoms with Crippen molar-refractivity contribution in [3.8, 4) is 5.75 Å². The summed E-state index contributed by atoms with van der Waals surface area (Å²) < 4.78 is 41.6. The van der Waals surface area contributed by atoms with Crippen LogP contribution >= 0.6 is 0 Å². The molecule has 1 aromatic rings. The summed E-state index contributed by atoms with van der Waals surface area (Å²) in [5, 5.41) is 5.29. The van der Waals surface area contributed by atoms with E-state index in [1.165, 1.54) is 6.20 Å². The van der Waals surface area contributed by atoms with E-state index in [9.17, 15) is 22.8 Å². The number of nitrogens with one attached hydrogen (secondary N) is 1. The number of rotatable bonds is 7. The highest BCUT2D eigenvalue weighted by Gasteiger charge is 2.27. The van der Waals surface area contributed by atoms with Gasteiger partial charge in [0.15, 0.2) is 0 Å².